The Labute approximate surface area is 117 Å². The molecule has 0 bridgehead atoms. The predicted octanol–water partition coefficient (Wildman–Crippen LogP) is 3.63. The van der Waals surface area contributed by atoms with Gasteiger partial charge in [-0.3, -0.25) is 0 Å². The molecule has 0 saturated heterocycles. The van der Waals surface area contributed by atoms with Crippen molar-refractivity contribution in [2.45, 2.75) is 39.3 Å². The molecule has 0 aliphatic rings. The van der Waals surface area contributed by atoms with E-state index in [1.165, 1.54) is 0 Å². The molecule has 0 heterocycles. The Morgan fingerprint density at radius 1 is 1.39 bits per heavy atom. The minimum atomic E-state index is -0.470. The van der Waals surface area contributed by atoms with Gasteiger partial charge in [-0.25, -0.2) is 0 Å². The molecule has 3 nitrogen and oxygen atoms in total. The number of anilines is 1. The molecule has 1 unspecified atom stereocenters. The van der Waals surface area contributed by atoms with Gasteiger partial charge in [-0.2, -0.15) is 5.26 Å². The lowest BCUT2D eigenvalue weighted by molar-refractivity contribution is 0.199. The van der Waals surface area contributed by atoms with Gasteiger partial charge in [0.05, 0.1) is 24.3 Å². The van der Waals surface area contributed by atoms with Gasteiger partial charge in [0.15, 0.2) is 0 Å². The van der Waals surface area contributed by atoms with Gasteiger partial charge in [-0.1, -0.05) is 6.07 Å². The molecule has 1 aromatic carbocycles. The van der Waals surface area contributed by atoms with Crippen LogP contribution in [0.15, 0.2) is 22.7 Å². The summed E-state index contributed by atoms with van der Waals surface area (Å²) in [7, 11) is 0. The molecule has 0 aromatic heterocycles. The van der Waals surface area contributed by atoms with Crippen molar-refractivity contribution < 1.29 is 5.11 Å². The Hall–Kier alpha value is -1.05. The molecule has 0 fully saturated rings. The molecule has 0 radical (unpaired) electrons. The number of aliphatic hydroxyl groups is 1. The van der Waals surface area contributed by atoms with Crippen LogP contribution in [-0.4, -0.2) is 17.7 Å². The van der Waals surface area contributed by atoms with E-state index in [0.29, 0.717) is 19.0 Å². The molecular weight excluding hydrogens is 292 g/mol. The maximum absolute atomic E-state index is 9.55. The van der Waals surface area contributed by atoms with Crippen LogP contribution in [-0.2, 0) is 0 Å². The van der Waals surface area contributed by atoms with Crippen LogP contribution in [0, 0.1) is 11.3 Å². The molecule has 0 aliphatic carbocycles. The van der Waals surface area contributed by atoms with Crippen LogP contribution in [0.2, 0.25) is 0 Å². The summed E-state index contributed by atoms with van der Waals surface area (Å²) in [6.45, 7) is 6.66. The Balaban J connectivity index is 3.02. The van der Waals surface area contributed by atoms with Crippen molar-refractivity contribution in [3.63, 3.8) is 0 Å². The number of benzene rings is 1. The Morgan fingerprint density at radius 3 is 2.50 bits per heavy atom. The standard InChI is InChI=1S/C14H19BrN2O/c1-10(2)17(8-4-7-16)14-6-5-12(11(3)18)9-13(14)15/h5-6,9-11,18H,4,8H2,1-3H3. The van der Waals surface area contributed by atoms with Crippen molar-refractivity contribution in [3.05, 3.63) is 28.2 Å². The van der Waals surface area contributed by atoms with E-state index in [9.17, 15) is 5.11 Å². The zero-order valence-corrected chi connectivity index (χ0v) is 12.6. The van der Waals surface area contributed by atoms with Crippen LogP contribution in [0.3, 0.4) is 0 Å². The van der Waals surface area contributed by atoms with Crippen molar-refractivity contribution in [3.8, 4) is 6.07 Å². The molecule has 1 N–H and O–H groups in total. The molecule has 1 atom stereocenters. The molecule has 0 spiro atoms. The highest BCUT2D eigenvalue weighted by Gasteiger charge is 2.14. The Bertz CT molecular complexity index is 438. The van der Waals surface area contributed by atoms with Crippen molar-refractivity contribution in [1.82, 2.24) is 0 Å². The maximum Gasteiger partial charge on any atom is 0.0762 e. The zero-order chi connectivity index (χ0) is 13.7. The molecule has 4 heteroatoms. The fourth-order valence-corrected chi connectivity index (χ4v) is 2.47. The monoisotopic (exact) mass is 310 g/mol. The number of nitriles is 1. The van der Waals surface area contributed by atoms with E-state index in [1.54, 1.807) is 6.92 Å². The fraction of sp³-hybridized carbons (Fsp3) is 0.500. The maximum atomic E-state index is 9.55. The van der Waals surface area contributed by atoms with Crippen LogP contribution < -0.4 is 4.90 Å². The lowest BCUT2D eigenvalue weighted by Crippen LogP contribution is -2.31. The average molecular weight is 311 g/mol. The fourth-order valence-electron chi connectivity index (χ4n) is 1.84. The third-order valence-electron chi connectivity index (χ3n) is 2.85. The highest BCUT2D eigenvalue weighted by molar-refractivity contribution is 9.10. The van der Waals surface area contributed by atoms with E-state index in [-0.39, 0.29) is 0 Å². The highest BCUT2D eigenvalue weighted by Crippen LogP contribution is 2.30. The molecule has 1 rings (SSSR count). The third-order valence-corrected chi connectivity index (χ3v) is 3.49. The number of hydrogen-bond acceptors (Lipinski definition) is 3. The number of nitrogens with zero attached hydrogens (tertiary/aromatic N) is 2. The first kappa shape index (κ1) is 15.0. The summed E-state index contributed by atoms with van der Waals surface area (Å²) in [4.78, 5) is 2.18. The second-order valence-corrected chi connectivity index (χ2v) is 5.44. The highest BCUT2D eigenvalue weighted by atomic mass is 79.9. The molecule has 0 amide bonds. The average Bonchev–Trinajstić information content (AvgIpc) is 2.30. The summed E-state index contributed by atoms with van der Waals surface area (Å²) in [5, 5.41) is 18.3. The van der Waals surface area contributed by atoms with Crippen LogP contribution in [0.5, 0.6) is 0 Å². The molecule has 98 valence electrons. The Morgan fingerprint density at radius 2 is 2.06 bits per heavy atom. The van der Waals surface area contributed by atoms with Gasteiger partial charge < -0.3 is 10.0 Å². The zero-order valence-electron chi connectivity index (χ0n) is 11.0. The van der Waals surface area contributed by atoms with Gasteiger partial charge in [-0.15, -0.1) is 0 Å². The van der Waals surface area contributed by atoms with E-state index in [0.717, 1.165) is 15.7 Å². The second kappa shape index (κ2) is 6.77. The number of rotatable bonds is 5. The second-order valence-electron chi connectivity index (χ2n) is 4.58. The molecule has 0 saturated carbocycles. The quantitative estimate of drug-likeness (QED) is 0.903. The lowest BCUT2D eigenvalue weighted by atomic mass is 10.1. The summed E-state index contributed by atoms with van der Waals surface area (Å²) in [5.74, 6) is 0. The van der Waals surface area contributed by atoms with E-state index in [1.807, 2.05) is 18.2 Å². The molecule has 1 aromatic rings. The van der Waals surface area contributed by atoms with E-state index in [2.05, 4.69) is 40.7 Å². The van der Waals surface area contributed by atoms with Crippen LogP contribution in [0.1, 0.15) is 38.9 Å². The van der Waals surface area contributed by atoms with Crippen molar-refractivity contribution in [2.75, 3.05) is 11.4 Å². The van der Waals surface area contributed by atoms with Gasteiger partial charge in [0, 0.05) is 17.1 Å². The van der Waals surface area contributed by atoms with Gasteiger partial charge in [0.25, 0.3) is 0 Å². The summed E-state index contributed by atoms with van der Waals surface area (Å²) in [6, 6.07) is 8.35. The van der Waals surface area contributed by atoms with Gasteiger partial charge >= 0.3 is 0 Å². The first-order chi connectivity index (χ1) is 8.47. The summed E-state index contributed by atoms with van der Waals surface area (Å²) >= 11 is 3.54. The van der Waals surface area contributed by atoms with Crippen LogP contribution in [0.25, 0.3) is 0 Å². The normalized spacial score (nSPS) is 12.3. The van der Waals surface area contributed by atoms with E-state index in [4.69, 9.17) is 5.26 Å². The van der Waals surface area contributed by atoms with Gasteiger partial charge in [-0.05, 0) is 54.4 Å². The molecule has 0 aliphatic heterocycles. The van der Waals surface area contributed by atoms with Crippen molar-refractivity contribution in [1.29, 1.82) is 5.26 Å². The summed E-state index contributed by atoms with van der Waals surface area (Å²) in [5.41, 5.74) is 1.94. The summed E-state index contributed by atoms with van der Waals surface area (Å²) < 4.78 is 0.951. The number of halogens is 1. The predicted molar refractivity (Wildman–Crippen MR) is 77.5 cm³/mol. The van der Waals surface area contributed by atoms with Crippen LogP contribution >= 0.6 is 15.9 Å². The van der Waals surface area contributed by atoms with Crippen LogP contribution in [0.4, 0.5) is 5.69 Å². The third kappa shape index (κ3) is 3.72. The van der Waals surface area contributed by atoms with E-state index >= 15 is 0 Å². The van der Waals surface area contributed by atoms with Crippen molar-refractivity contribution in [2.24, 2.45) is 0 Å². The van der Waals surface area contributed by atoms with E-state index < -0.39 is 6.10 Å². The van der Waals surface area contributed by atoms with Crippen molar-refractivity contribution >= 4 is 21.6 Å². The lowest BCUT2D eigenvalue weighted by Gasteiger charge is -2.29. The minimum absolute atomic E-state index is 0.326. The Kier molecular flexibility index (Phi) is 5.64. The van der Waals surface area contributed by atoms with Gasteiger partial charge in [0.2, 0.25) is 0 Å². The minimum Gasteiger partial charge on any atom is -0.389 e. The molecular formula is C14H19BrN2O. The smallest absolute Gasteiger partial charge is 0.0762 e. The topological polar surface area (TPSA) is 47.3 Å². The number of hydrogen-bond donors (Lipinski definition) is 1. The first-order valence-electron chi connectivity index (χ1n) is 6.08. The SMILES string of the molecule is CC(O)c1ccc(N(CCC#N)C(C)C)c(Br)c1. The summed E-state index contributed by atoms with van der Waals surface area (Å²) in [6.07, 6.45) is 0.0323. The first-order valence-corrected chi connectivity index (χ1v) is 6.87. The van der Waals surface area contributed by atoms with Gasteiger partial charge in [0.1, 0.15) is 0 Å². The largest absolute Gasteiger partial charge is 0.389 e. The number of aliphatic hydroxyl groups excluding tert-OH is 1. The molecule has 18 heavy (non-hydrogen) atoms.